The van der Waals surface area contributed by atoms with Crippen molar-refractivity contribution >= 4 is 28.9 Å². The summed E-state index contributed by atoms with van der Waals surface area (Å²) >= 11 is 12.3. The number of rotatable bonds is 3. The zero-order valence-corrected chi connectivity index (χ0v) is 13.7. The highest BCUT2D eigenvalue weighted by Gasteiger charge is 2.12. The number of aryl methyl sites for hydroxylation is 3. The van der Waals surface area contributed by atoms with Crippen LogP contribution >= 0.6 is 23.2 Å². The molecule has 0 aliphatic rings. The molecule has 3 heteroatoms. The molecule has 0 heterocycles. The summed E-state index contributed by atoms with van der Waals surface area (Å²) in [6.45, 7) is 8.54. The van der Waals surface area contributed by atoms with Crippen LogP contribution in [0.25, 0.3) is 0 Å². The molecule has 0 fully saturated rings. The molecular formula is C17H19Cl2N. The second-order valence-electron chi connectivity index (χ2n) is 5.26. The van der Waals surface area contributed by atoms with Crippen LogP contribution in [-0.4, -0.2) is 0 Å². The molecule has 1 N–H and O–H groups in total. The second-order valence-corrected chi connectivity index (χ2v) is 6.05. The van der Waals surface area contributed by atoms with E-state index >= 15 is 0 Å². The van der Waals surface area contributed by atoms with E-state index in [1.165, 1.54) is 22.3 Å². The van der Waals surface area contributed by atoms with Crippen molar-refractivity contribution in [2.45, 2.75) is 33.7 Å². The molecule has 20 heavy (non-hydrogen) atoms. The molecule has 1 atom stereocenters. The first-order chi connectivity index (χ1) is 9.40. The van der Waals surface area contributed by atoms with E-state index in [4.69, 9.17) is 23.2 Å². The minimum absolute atomic E-state index is 0.172. The Morgan fingerprint density at radius 1 is 0.950 bits per heavy atom. The predicted octanol–water partition coefficient (Wildman–Crippen LogP) is 6.09. The average Bonchev–Trinajstić information content (AvgIpc) is 2.39. The van der Waals surface area contributed by atoms with Gasteiger partial charge in [0.25, 0.3) is 0 Å². The fourth-order valence-electron chi connectivity index (χ4n) is 2.38. The van der Waals surface area contributed by atoms with Gasteiger partial charge in [0.15, 0.2) is 0 Å². The van der Waals surface area contributed by atoms with E-state index in [2.05, 4.69) is 45.1 Å². The molecule has 106 valence electrons. The van der Waals surface area contributed by atoms with Crippen LogP contribution in [-0.2, 0) is 0 Å². The minimum Gasteiger partial charge on any atom is -0.377 e. The monoisotopic (exact) mass is 307 g/mol. The summed E-state index contributed by atoms with van der Waals surface area (Å²) in [6, 6.07) is 10.3. The number of anilines is 1. The number of halogens is 2. The van der Waals surface area contributed by atoms with Gasteiger partial charge in [-0.05, 0) is 62.1 Å². The molecule has 0 radical (unpaired) electrons. The van der Waals surface area contributed by atoms with Crippen molar-refractivity contribution in [3.05, 3.63) is 62.6 Å². The summed E-state index contributed by atoms with van der Waals surface area (Å²) < 4.78 is 0. The van der Waals surface area contributed by atoms with E-state index in [-0.39, 0.29) is 6.04 Å². The summed E-state index contributed by atoms with van der Waals surface area (Å²) in [7, 11) is 0. The first-order valence-corrected chi connectivity index (χ1v) is 7.44. The first kappa shape index (κ1) is 15.2. The van der Waals surface area contributed by atoms with E-state index in [0.717, 1.165) is 5.69 Å². The highest BCUT2D eigenvalue weighted by atomic mass is 35.5. The molecule has 2 aromatic rings. The summed E-state index contributed by atoms with van der Waals surface area (Å²) in [4.78, 5) is 0. The van der Waals surface area contributed by atoms with Gasteiger partial charge in [0.05, 0.1) is 15.7 Å². The lowest BCUT2D eigenvalue weighted by atomic mass is 9.96. The Hall–Kier alpha value is -1.18. The summed E-state index contributed by atoms with van der Waals surface area (Å²) in [6.07, 6.45) is 0. The van der Waals surface area contributed by atoms with Gasteiger partial charge in [0.1, 0.15) is 0 Å². The van der Waals surface area contributed by atoms with Gasteiger partial charge < -0.3 is 5.32 Å². The molecule has 0 bridgehead atoms. The number of benzene rings is 2. The molecule has 0 aliphatic heterocycles. The summed E-state index contributed by atoms with van der Waals surface area (Å²) in [5.74, 6) is 0. The van der Waals surface area contributed by atoms with Crippen molar-refractivity contribution in [1.29, 1.82) is 0 Å². The number of hydrogen-bond acceptors (Lipinski definition) is 1. The van der Waals surface area contributed by atoms with E-state index in [1.54, 1.807) is 6.07 Å². The lowest BCUT2D eigenvalue weighted by molar-refractivity contribution is 0.871. The Kier molecular flexibility index (Phi) is 4.62. The summed E-state index contributed by atoms with van der Waals surface area (Å²) in [5, 5.41) is 4.58. The van der Waals surface area contributed by atoms with Gasteiger partial charge in [0.2, 0.25) is 0 Å². The van der Waals surface area contributed by atoms with Crippen molar-refractivity contribution in [1.82, 2.24) is 0 Å². The van der Waals surface area contributed by atoms with Gasteiger partial charge in [-0.2, -0.15) is 0 Å². The van der Waals surface area contributed by atoms with Crippen molar-refractivity contribution in [3.8, 4) is 0 Å². The molecule has 0 spiro atoms. The third kappa shape index (κ3) is 3.11. The molecule has 0 aliphatic carbocycles. The third-order valence-corrected chi connectivity index (χ3v) is 4.49. The van der Waals surface area contributed by atoms with Gasteiger partial charge in [0, 0.05) is 6.04 Å². The van der Waals surface area contributed by atoms with E-state index in [1.807, 2.05) is 12.1 Å². The Morgan fingerprint density at radius 3 is 2.30 bits per heavy atom. The van der Waals surface area contributed by atoms with Crippen LogP contribution in [0.4, 0.5) is 5.69 Å². The van der Waals surface area contributed by atoms with Gasteiger partial charge in [-0.3, -0.25) is 0 Å². The van der Waals surface area contributed by atoms with Gasteiger partial charge in [-0.1, -0.05) is 41.4 Å². The van der Waals surface area contributed by atoms with Crippen molar-refractivity contribution in [2.75, 3.05) is 5.32 Å². The fourth-order valence-corrected chi connectivity index (χ4v) is 2.73. The Bertz CT molecular complexity index is 635. The fraction of sp³-hybridized carbons (Fsp3) is 0.294. The maximum atomic E-state index is 6.23. The molecule has 0 saturated heterocycles. The van der Waals surface area contributed by atoms with Gasteiger partial charge in [-0.15, -0.1) is 0 Å². The van der Waals surface area contributed by atoms with Crippen molar-refractivity contribution in [2.24, 2.45) is 0 Å². The molecule has 2 aromatic carbocycles. The normalized spacial score (nSPS) is 12.3. The SMILES string of the molecule is Cc1cc(C)c(C(C)Nc2cccc(Cl)c2Cl)cc1C. The second kappa shape index (κ2) is 6.07. The average molecular weight is 308 g/mol. The predicted molar refractivity (Wildman–Crippen MR) is 89.2 cm³/mol. The lowest BCUT2D eigenvalue weighted by Gasteiger charge is -2.20. The molecular weight excluding hydrogens is 289 g/mol. The van der Waals surface area contributed by atoms with Crippen LogP contribution in [0.3, 0.4) is 0 Å². The highest BCUT2D eigenvalue weighted by Crippen LogP contribution is 2.33. The molecule has 1 unspecified atom stereocenters. The minimum atomic E-state index is 0.172. The van der Waals surface area contributed by atoms with Crippen molar-refractivity contribution in [3.63, 3.8) is 0 Å². The quantitative estimate of drug-likeness (QED) is 0.723. The van der Waals surface area contributed by atoms with Crippen LogP contribution in [0.5, 0.6) is 0 Å². The molecule has 0 aromatic heterocycles. The maximum absolute atomic E-state index is 6.23. The van der Waals surface area contributed by atoms with E-state index < -0.39 is 0 Å². The third-order valence-electron chi connectivity index (χ3n) is 3.67. The van der Waals surface area contributed by atoms with Gasteiger partial charge in [-0.25, -0.2) is 0 Å². The largest absolute Gasteiger partial charge is 0.377 e. The van der Waals surface area contributed by atoms with Crippen molar-refractivity contribution < 1.29 is 0 Å². The zero-order valence-electron chi connectivity index (χ0n) is 12.2. The summed E-state index contributed by atoms with van der Waals surface area (Å²) in [5.41, 5.74) is 6.05. The lowest BCUT2D eigenvalue weighted by Crippen LogP contribution is -2.09. The highest BCUT2D eigenvalue weighted by molar-refractivity contribution is 6.43. The smallest absolute Gasteiger partial charge is 0.0823 e. The molecule has 0 amide bonds. The standard InChI is InChI=1S/C17H19Cl2N/c1-10-8-12(3)14(9-11(10)2)13(4)20-16-7-5-6-15(18)17(16)19/h5-9,13,20H,1-4H3. The van der Waals surface area contributed by atoms with Crippen LogP contribution in [0.2, 0.25) is 10.0 Å². The van der Waals surface area contributed by atoms with Crippen LogP contribution in [0, 0.1) is 20.8 Å². The van der Waals surface area contributed by atoms with E-state index in [0.29, 0.717) is 10.0 Å². The number of hydrogen-bond donors (Lipinski definition) is 1. The van der Waals surface area contributed by atoms with E-state index in [9.17, 15) is 0 Å². The topological polar surface area (TPSA) is 12.0 Å². The zero-order chi connectivity index (χ0) is 14.9. The Balaban J connectivity index is 2.31. The number of nitrogens with one attached hydrogen (secondary N) is 1. The maximum Gasteiger partial charge on any atom is 0.0823 e. The Morgan fingerprint density at radius 2 is 1.60 bits per heavy atom. The van der Waals surface area contributed by atoms with Crippen LogP contribution in [0.1, 0.15) is 35.2 Å². The molecule has 2 rings (SSSR count). The molecule has 1 nitrogen and oxygen atoms in total. The van der Waals surface area contributed by atoms with Crippen LogP contribution in [0.15, 0.2) is 30.3 Å². The van der Waals surface area contributed by atoms with Gasteiger partial charge >= 0.3 is 0 Å². The first-order valence-electron chi connectivity index (χ1n) is 6.68. The molecule has 0 saturated carbocycles. The Labute approximate surface area is 130 Å². The van der Waals surface area contributed by atoms with Crippen LogP contribution < -0.4 is 5.32 Å².